The van der Waals surface area contributed by atoms with Crippen molar-refractivity contribution in [3.8, 4) is 6.07 Å². The summed E-state index contributed by atoms with van der Waals surface area (Å²) < 4.78 is 0. The maximum Gasteiger partial charge on any atom is 0.158 e. The molecule has 1 aliphatic rings. The second-order valence-corrected chi connectivity index (χ2v) is 5.79. The van der Waals surface area contributed by atoms with Gasteiger partial charge in [0.05, 0.1) is 18.4 Å². The first kappa shape index (κ1) is 14.1. The van der Waals surface area contributed by atoms with Crippen molar-refractivity contribution >= 4 is 29.0 Å². The van der Waals surface area contributed by atoms with E-state index >= 15 is 0 Å². The van der Waals surface area contributed by atoms with Crippen LogP contribution in [0.3, 0.4) is 0 Å². The van der Waals surface area contributed by atoms with E-state index < -0.39 is 0 Å². The Balaban J connectivity index is 1.98. The van der Waals surface area contributed by atoms with Gasteiger partial charge in [-0.15, -0.1) is 0 Å². The van der Waals surface area contributed by atoms with E-state index in [1.165, 1.54) is 6.20 Å². The third kappa shape index (κ3) is 2.55. The Labute approximate surface area is 133 Å². The highest BCUT2D eigenvalue weighted by molar-refractivity contribution is 6.35. The Bertz CT molecular complexity index is 722. The van der Waals surface area contributed by atoms with Crippen molar-refractivity contribution in [2.45, 2.75) is 19.4 Å². The van der Waals surface area contributed by atoms with Crippen molar-refractivity contribution < 1.29 is 0 Å². The normalized spacial score (nSPS) is 17.2. The lowest BCUT2D eigenvalue weighted by molar-refractivity contribution is 0.616. The smallest absolute Gasteiger partial charge is 0.158 e. The summed E-state index contributed by atoms with van der Waals surface area (Å²) in [6, 6.07) is 5.81. The quantitative estimate of drug-likeness (QED) is 0.803. The molecule has 0 aliphatic carbocycles. The zero-order chi connectivity index (χ0) is 15.0. The molecule has 1 atom stereocenters. The summed E-state index contributed by atoms with van der Waals surface area (Å²) in [6.07, 6.45) is 3.95. The fourth-order valence-electron chi connectivity index (χ4n) is 2.69. The van der Waals surface area contributed by atoms with Crippen molar-refractivity contribution in [1.29, 1.82) is 5.26 Å². The molecule has 3 rings (SSSR count). The highest BCUT2D eigenvalue weighted by Gasteiger charge is 2.27. The number of rotatable bonds is 1. The molecule has 0 fully saturated rings. The summed E-state index contributed by atoms with van der Waals surface area (Å²) in [6.45, 7) is 2.89. The Morgan fingerprint density at radius 3 is 2.76 bits per heavy atom. The molecule has 0 saturated carbocycles. The monoisotopic (exact) mass is 318 g/mol. The SMILES string of the molecule is CC1c2cc(Cl)cc(Cl)c2CCN1c1cnc(C#N)cn1. The van der Waals surface area contributed by atoms with Crippen LogP contribution in [0.1, 0.15) is 29.8 Å². The zero-order valence-electron chi connectivity index (χ0n) is 11.3. The van der Waals surface area contributed by atoms with Gasteiger partial charge in [0.15, 0.2) is 5.69 Å². The standard InChI is InChI=1S/C15H12Cl2N4/c1-9-13-4-10(16)5-14(17)12(13)2-3-21(9)15-8-19-11(6-18)7-20-15/h4-5,7-9H,2-3H2,1H3. The van der Waals surface area contributed by atoms with Crippen LogP contribution < -0.4 is 4.90 Å². The van der Waals surface area contributed by atoms with Crippen LogP contribution in [-0.2, 0) is 6.42 Å². The van der Waals surface area contributed by atoms with Gasteiger partial charge in [-0.1, -0.05) is 23.2 Å². The molecule has 1 aromatic heterocycles. The van der Waals surface area contributed by atoms with Crippen LogP contribution in [0.15, 0.2) is 24.5 Å². The molecule has 1 aliphatic heterocycles. The molecule has 106 valence electrons. The van der Waals surface area contributed by atoms with E-state index in [9.17, 15) is 0 Å². The number of hydrogen-bond acceptors (Lipinski definition) is 4. The molecule has 4 nitrogen and oxygen atoms in total. The summed E-state index contributed by atoms with van der Waals surface area (Å²) in [5.41, 5.74) is 2.58. The zero-order valence-corrected chi connectivity index (χ0v) is 12.9. The average molecular weight is 319 g/mol. The van der Waals surface area contributed by atoms with E-state index in [0.29, 0.717) is 10.7 Å². The van der Waals surface area contributed by atoms with Gasteiger partial charge in [-0.2, -0.15) is 5.26 Å². The summed E-state index contributed by atoms with van der Waals surface area (Å²) in [4.78, 5) is 10.5. The fourth-order valence-corrected chi connectivity index (χ4v) is 3.30. The molecular formula is C15H12Cl2N4. The number of benzene rings is 1. The Hall–Kier alpha value is -1.83. The lowest BCUT2D eigenvalue weighted by atomic mass is 9.93. The van der Waals surface area contributed by atoms with Gasteiger partial charge in [0.2, 0.25) is 0 Å². The van der Waals surface area contributed by atoms with Crippen molar-refractivity contribution in [3.63, 3.8) is 0 Å². The van der Waals surface area contributed by atoms with Gasteiger partial charge >= 0.3 is 0 Å². The van der Waals surface area contributed by atoms with Crippen LogP contribution in [0.5, 0.6) is 0 Å². The lowest BCUT2D eigenvalue weighted by Gasteiger charge is -2.36. The van der Waals surface area contributed by atoms with E-state index in [4.69, 9.17) is 28.5 Å². The van der Waals surface area contributed by atoms with Crippen LogP contribution in [0.4, 0.5) is 5.82 Å². The number of aromatic nitrogens is 2. The van der Waals surface area contributed by atoms with Gasteiger partial charge in [0, 0.05) is 16.6 Å². The molecule has 21 heavy (non-hydrogen) atoms. The van der Waals surface area contributed by atoms with Crippen LogP contribution in [0, 0.1) is 11.3 Å². The summed E-state index contributed by atoms with van der Waals surface area (Å²) in [5, 5.41) is 10.1. The first-order chi connectivity index (χ1) is 10.1. The Morgan fingerprint density at radius 2 is 2.10 bits per heavy atom. The fraction of sp³-hybridized carbons (Fsp3) is 0.267. The van der Waals surface area contributed by atoms with E-state index in [-0.39, 0.29) is 6.04 Å². The molecule has 0 saturated heterocycles. The third-order valence-electron chi connectivity index (χ3n) is 3.76. The number of anilines is 1. The first-order valence-electron chi connectivity index (χ1n) is 6.56. The van der Waals surface area contributed by atoms with Crippen LogP contribution in [-0.4, -0.2) is 16.5 Å². The highest BCUT2D eigenvalue weighted by Crippen LogP contribution is 2.37. The Morgan fingerprint density at radius 1 is 1.29 bits per heavy atom. The van der Waals surface area contributed by atoms with Crippen molar-refractivity contribution in [3.05, 3.63) is 51.4 Å². The summed E-state index contributed by atoms with van der Waals surface area (Å²) in [7, 11) is 0. The predicted molar refractivity (Wildman–Crippen MR) is 82.7 cm³/mol. The van der Waals surface area contributed by atoms with E-state index in [1.807, 2.05) is 12.1 Å². The maximum atomic E-state index is 8.79. The second kappa shape index (κ2) is 5.51. The number of nitrogens with zero attached hydrogens (tertiary/aromatic N) is 4. The van der Waals surface area contributed by atoms with Crippen LogP contribution >= 0.6 is 23.2 Å². The molecule has 0 radical (unpaired) electrons. The van der Waals surface area contributed by atoms with Crippen LogP contribution in [0.25, 0.3) is 0 Å². The topological polar surface area (TPSA) is 52.8 Å². The van der Waals surface area contributed by atoms with Gasteiger partial charge < -0.3 is 4.90 Å². The minimum Gasteiger partial charge on any atom is -0.348 e. The molecule has 0 spiro atoms. The van der Waals surface area contributed by atoms with E-state index in [0.717, 1.165) is 34.9 Å². The maximum absolute atomic E-state index is 8.79. The number of halogens is 2. The van der Waals surface area contributed by atoms with Crippen molar-refractivity contribution in [2.75, 3.05) is 11.4 Å². The van der Waals surface area contributed by atoms with Crippen LogP contribution in [0.2, 0.25) is 10.0 Å². The summed E-state index contributed by atoms with van der Waals surface area (Å²) >= 11 is 12.4. The largest absolute Gasteiger partial charge is 0.348 e. The van der Waals surface area contributed by atoms with Gasteiger partial charge in [0.1, 0.15) is 11.9 Å². The van der Waals surface area contributed by atoms with Crippen molar-refractivity contribution in [1.82, 2.24) is 9.97 Å². The molecule has 0 bridgehead atoms. The molecule has 0 N–H and O–H groups in total. The van der Waals surface area contributed by atoms with Gasteiger partial charge in [-0.25, -0.2) is 9.97 Å². The highest BCUT2D eigenvalue weighted by atomic mass is 35.5. The Kier molecular flexibility index (Phi) is 3.71. The van der Waals surface area contributed by atoms with Crippen molar-refractivity contribution in [2.24, 2.45) is 0 Å². The van der Waals surface area contributed by atoms with Gasteiger partial charge in [-0.3, -0.25) is 0 Å². The molecule has 0 amide bonds. The molecule has 6 heteroatoms. The minimum absolute atomic E-state index is 0.104. The molecule has 1 unspecified atom stereocenters. The lowest BCUT2D eigenvalue weighted by Crippen LogP contribution is -2.34. The summed E-state index contributed by atoms with van der Waals surface area (Å²) in [5.74, 6) is 0.753. The predicted octanol–water partition coefficient (Wildman–Crippen LogP) is 3.78. The number of nitriles is 1. The number of hydrogen-bond donors (Lipinski definition) is 0. The molecule has 2 heterocycles. The first-order valence-corrected chi connectivity index (χ1v) is 7.32. The molecule has 2 aromatic rings. The minimum atomic E-state index is 0.104. The van der Waals surface area contributed by atoms with E-state index in [1.54, 1.807) is 12.3 Å². The number of fused-ring (bicyclic) bond motifs is 1. The van der Waals surface area contributed by atoms with E-state index in [2.05, 4.69) is 21.8 Å². The third-order valence-corrected chi connectivity index (χ3v) is 4.32. The van der Waals surface area contributed by atoms with Gasteiger partial charge in [-0.05, 0) is 36.6 Å². The average Bonchev–Trinajstić information content (AvgIpc) is 2.48. The second-order valence-electron chi connectivity index (χ2n) is 4.95. The van der Waals surface area contributed by atoms with Gasteiger partial charge in [0.25, 0.3) is 0 Å². The molecular weight excluding hydrogens is 307 g/mol. The molecule has 1 aromatic carbocycles.